The van der Waals surface area contributed by atoms with Gasteiger partial charge in [0.05, 0.1) is 22.5 Å². The molecule has 1 aliphatic carbocycles. The molecule has 174 valence electrons. The quantitative estimate of drug-likeness (QED) is 0.363. The van der Waals surface area contributed by atoms with Crippen LogP contribution < -0.4 is 10.6 Å². The molecule has 0 spiro atoms. The van der Waals surface area contributed by atoms with Gasteiger partial charge in [0.2, 0.25) is 0 Å². The Bertz CT molecular complexity index is 1300. The summed E-state index contributed by atoms with van der Waals surface area (Å²) in [5.74, 6) is -0.339. The molecule has 0 aliphatic heterocycles. The first kappa shape index (κ1) is 24.7. The van der Waals surface area contributed by atoms with Crippen LogP contribution >= 0.6 is 0 Å². The van der Waals surface area contributed by atoms with Gasteiger partial charge in [0.25, 0.3) is 0 Å². The van der Waals surface area contributed by atoms with Crippen LogP contribution in [-0.4, -0.2) is 11.6 Å². The van der Waals surface area contributed by atoms with Crippen LogP contribution in [0.15, 0.2) is 95.4 Å². The lowest BCUT2D eigenvalue weighted by molar-refractivity contribution is 0.0980. The molecule has 0 saturated carbocycles. The average Bonchev–Trinajstić information content (AvgIpc) is 2.87. The van der Waals surface area contributed by atoms with Crippen molar-refractivity contribution < 1.29 is 9.59 Å². The van der Waals surface area contributed by atoms with Crippen LogP contribution in [0.25, 0.3) is 0 Å². The molecule has 0 radical (unpaired) electrons. The maximum atomic E-state index is 13.7. The van der Waals surface area contributed by atoms with Gasteiger partial charge in [-0.05, 0) is 70.4 Å². The van der Waals surface area contributed by atoms with Crippen LogP contribution in [0.5, 0.6) is 0 Å². The van der Waals surface area contributed by atoms with E-state index in [1.165, 1.54) is 0 Å². The molecule has 3 rings (SSSR count). The van der Waals surface area contributed by atoms with Crippen LogP contribution in [0.4, 0.5) is 11.4 Å². The molecule has 0 heterocycles. The lowest BCUT2D eigenvalue weighted by Gasteiger charge is -2.25. The van der Waals surface area contributed by atoms with E-state index in [0.29, 0.717) is 33.6 Å². The molecule has 34 heavy (non-hydrogen) atoms. The molecule has 0 atom stereocenters. The minimum Gasteiger partial charge on any atom is -0.355 e. The summed E-state index contributed by atoms with van der Waals surface area (Å²) in [5.41, 5.74) is 7.56. The molecule has 0 fully saturated rings. The molecular formula is C30H32N2O2. The van der Waals surface area contributed by atoms with Gasteiger partial charge in [-0.2, -0.15) is 0 Å². The number of benzene rings is 2. The molecular weight excluding hydrogens is 420 g/mol. The number of ketones is 2. The summed E-state index contributed by atoms with van der Waals surface area (Å²) < 4.78 is 0. The van der Waals surface area contributed by atoms with E-state index in [1.807, 2.05) is 71.9 Å². The van der Waals surface area contributed by atoms with Gasteiger partial charge in [-0.3, -0.25) is 9.59 Å². The molecule has 0 unspecified atom stereocenters. The monoisotopic (exact) mass is 452 g/mol. The number of nitrogens with one attached hydrogen (secondary N) is 2. The zero-order chi connectivity index (χ0) is 25.0. The number of carbonyl (C=O) groups is 2. The van der Waals surface area contributed by atoms with E-state index in [9.17, 15) is 9.59 Å². The molecule has 0 amide bonds. The van der Waals surface area contributed by atoms with Crippen LogP contribution in [0.3, 0.4) is 0 Å². The van der Waals surface area contributed by atoms with Crippen molar-refractivity contribution >= 4 is 22.9 Å². The van der Waals surface area contributed by atoms with E-state index in [-0.39, 0.29) is 11.6 Å². The molecule has 4 heteroatoms. The van der Waals surface area contributed by atoms with Crippen molar-refractivity contribution in [2.45, 2.75) is 41.5 Å². The van der Waals surface area contributed by atoms with Gasteiger partial charge < -0.3 is 10.6 Å². The first-order valence-corrected chi connectivity index (χ1v) is 11.4. The largest absolute Gasteiger partial charge is 0.355 e. The van der Waals surface area contributed by atoms with Crippen molar-refractivity contribution in [3.63, 3.8) is 0 Å². The predicted octanol–water partition coefficient (Wildman–Crippen LogP) is 7.58. The number of carbonyl (C=O) groups excluding carboxylic acids is 2. The normalized spacial score (nSPS) is 14.8. The highest BCUT2D eigenvalue weighted by Crippen LogP contribution is 2.38. The van der Waals surface area contributed by atoms with Crippen LogP contribution in [-0.2, 0) is 0 Å². The van der Waals surface area contributed by atoms with Crippen LogP contribution in [0.2, 0.25) is 0 Å². The smallest absolute Gasteiger partial charge is 0.196 e. The van der Waals surface area contributed by atoms with Crippen molar-refractivity contribution in [2.24, 2.45) is 0 Å². The summed E-state index contributed by atoms with van der Waals surface area (Å²) in [4.78, 5) is 27.4. The van der Waals surface area contributed by atoms with E-state index >= 15 is 0 Å². The molecule has 0 aromatic heterocycles. The summed E-state index contributed by atoms with van der Waals surface area (Å²) >= 11 is 0. The SMILES string of the molecule is C=C/C(C)=C(Nc1ccc(NC(=C/C)/C(C)=C\C)c2c1C(=O)c1ccccc1C2=O)\C(C)=C/C. The Kier molecular flexibility index (Phi) is 7.52. The third-order valence-electron chi connectivity index (χ3n) is 6.28. The van der Waals surface area contributed by atoms with Gasteiger partial charge in [-0.1, -0.05) is 55.1 Å². The number of allylic oxidation sites excluding steroid dienone is 7. The lowest BCUT2D eigenvalue weighted by atomic mass is 9.82. The fraction of sp³-hybridized carbons (Fsp3) is 0.200. The number of anilines is 2. The minimum absolute atomic E-state index is 0.168. The summed E-state index contributed by atoms with van der Waals surface area (Å²) in [7, 11) is 0. The second-order valence-corrected chi connectivity index (χ2v) is 8.27. The summed E-state index contributed by atoms with van der Waals surface area (Å²) in [5, 5.41) is 6.82. The van der Waals surface area contributed by atoms with Crippen LogP contribution in [0.1, 0.15) is 73.4 Å². The van der Waals surface area contributed by atoms with Crippen molar-refractivity contribution in [3.8, 4) is 0 Å². The molecule has 1 aliphatic rings. The molecule has 2 aromatic rings. The first-order valence-electron chi connectivity index (χ1n) is 11.4. The third kappa shape index (κ3) is 4.44. The second kappa shape index (κ2) is 10.3. The highest BCUT2D eigenvalue weighted by Gasteiger charge is 2.34. The topological polar surface area (TPSA) is 58.2 Å². The maximum absolute atomic E-state index is 13.7. The highest BCUT2D eigenvalue weighted by atomic mass is 16.1. The molecule has 4 nitrogen and oxygen atoms in total. The van der Waals surface area contributed by atoms with Crippen molar-refractivity contribution in [1.82, 2.24) is 0 Å². The van der Waals surface area contributed by atoms with Gasteiger partial charge in [0.15, 0.2) is 11.6 Å². The molecule has 0 saturated heterocycles. The molecule has 2 aromatic carbocycles. The average molecular weight is 453 g/mol. The van der Waals surface area contributed by atoms with E-state index < -0.39 is 0 Å². The Morgan fingerprint density at radius 1 is 0.735 bits per heavy atom. The number of hydrogen-bond acceptors (Lipinski definition) is 4. The Morgan fingerprint density at radius 2 is 1.24 bits per heavy atom. The Balaban J connectivity index is 2.28. The van der Waals surface area contributed by atoms with E-state index in [4.69, 9.17) is 0 Å². The van der Waals surface area contributed by atoms with E-state index in [0.717, 1.165) is 28.1 Å². The molecule has 2 N–H and O–H groups in total. The second-order valence-electron chi connectivity index (χ2n) is 8.27. The summed E-state index contributed by atoms with van der Waals surface area (Å²) in [6, 6.07) is 10.7. The first-order chi connectivity index (χ1) is 16.3. The van der Waals surface area contributed by atoms with Crippen molar-refractivity contribution in [1.29, 1.82) is 0 Å². The highest BCUT2D eigenvalue weighted by molar-refractivity contribution is 6.32. The predicted molar refractivity (Wildman–Crippen MR) is 143 cm³/mol. The Morgan fingerprint density at radius 3 is 1.68 bits per heavy atom. The standard InChI is InChI=1S/C30H32N2O2/c1-8-18(5)23(11-4)31-24-16-17-25(32-28(19(6)9-2)20(7)10-3)27-26(24)29(33)21-14-12-13-15-22(21)30(27)34/h8-17,31-32H,2H2,1,3-7H3/b18-8-,20-10-,23-11+,28-19+. The lowest BCUT2D eigenvalue weighted by Crippen LogP contribution is -2.24. The Labute approximate surface area is 202 Å². The van der Waals surface area contributed by atoms with Gasteiger partial charge >= 0.3 is 0 Å². The molecule has 0 bridgehead atoms. The zero-order valence-electron chi connectivity index (χ0n) is 20.8. The van der Waals surface area contributed by atoms with E-state index in [2.05, 4.69) is 17.2 Å². The van der Waals surface area contributed by atoms with Gasteiger partial charge in [0, 0.05) is 22.5 Å². The minimum atomic E-state index is -0.171. The number of hydrogen-bond donors (Lipinski definition) is 2. The number of fused-ring (bicyclic) bond motifs is 2. The van der Waals surface area contributed by atoms with Crippen molar-refractivity contribution in [3.05, 3.63) is 118 Å². The Hall–Kier alpha value is -3.92. The summed E-state index contributed by atoms with van der Waals surface area (Å²) in [6.07, 6.45) is 7.74. The van der Waals surface area contributed by atoms with Gasteiger partial charge in [0.1, 0.15) is 0 Å². The fourth-order valence-electron chi connectivity index (χ4n) is 4.02. The van der Waals surface area contributed by atoms with Crippen LogP contribution in [0, 0.1) is 0 Å². The zero-order valence-corrected chi connectivity index (χ0v) is 20.8. The summed E-state index contributed by atoms with van der Waals surface area (Å²) in [6.45, 7) is 15.7. The third-order valence-corrected chi connectivity index (χ3v) is 6.28. The van der Waals surface area contributed by atoms with E-state index in [1.54, 1.807) is 30.3 Å². The maximum Gasteiger partial charge on any atom is 0.196 e. The van der Waals surface area contributed by atoms with Gasteiger partial charge in [-0.15, -0.1) is 0 Å². The fourth-order valence-corrected chi connectivity index (χ4v) is 4.02. The van der Waals surface area contributed by atoms with Gasteiger partial charge in [-0.25, -0.2) is 0 Å². The van der Waals surface area contributed by atoms with Crippen molar-refractivity contribution in [2.75, 3.05) is 10.6 Å². The number of rotatable bonds is 7.